The monoisotopic (exact) mass is 456 g/mol. The summed E-state index contributed by atoms with van der Waals surface area (Å²) in [7, 11) is -3.50. The van der Waals surface area contributed by atoms with Crippen LogP contribution < -0.4 is 10.1 Å². The molecule has 29 heavy (non-hydrogen) atoms. The fourth-order valence-electron chi connectivity index (χ4n) is 3.39. The van der Waals surface area contributed by atoms with Crippen LogP contribution in [0.1, 0.15) is 31.7 Å². The van der Waals surface area contributed by atoms with E-state index in [4.69, 9.17) is 16.3 Å². The van der Waals surface area contributed by atoms with Crippen LogP contribution in [0.2, 0.25) is 4.34 Å². The Morgan fingerprint density at radius 3 is 2.62 bits per heavy atom. The van der Waals surface area contributed by atoms with Crippen molar-refractivity contribution in [2.24, 2.45) is 5.92 Å². The summed E-state index contributed by atoms with van der Waals surface area (Å²) in [5.74, 6) is 0.931. The summed E-state index contributed by atoms with van der Waals surface area (Å²) < 4.78 is 33.1. The summed E-state index contributed by atoms with van der Waals surface area (Å²) in [5.41, 5.74) is 0.943. The smallest absolute Gasteiger partial charge is 0.252 e. The molecule has 0 aliphatic carbocycles. The van der Waals surface area contributed by atoms with E-state index < -0.39 is 10.0 Å². The zero-order valence-electron chi connectivity index (χ0n) is 16.3. The standard InChI is InChI=1S/C20H25ClN2O4S2/c1-2-27-17-6-4-3-5-16(17)14-22-19(24)13-15-9-11-23(12-10-15)29(25,26)20-8-7-18(21)28-20/h3-8,15H,2,9-14H2,1H3,(H,22,24). The molecule has 0 radical (unpaired) electrons. The van der Waals surface area contributed by atoms with Gasteiger partial charge in [-0.25, -0.2) is 8.42 Å². The number of halogens is 1. The summed E-state index contributed by atoms with van der Waals surface area (Å²) in [6.45, 7) is 3.76. The molecular formula is C20H25ClN2O4S2. The highest BCUT2D eigenvalue weighted by Gasteiger charge is 2.31. The SMILES string of the molecule is CCOc1ccccc1CNC(=O)CC1CCN(S(=O)(=O)c2ccc(Cl)s2)CC1. The van der Waals surface area contributed by atoms with Crippen LogP contribution in [0.15, 0.2) is 40.6 Å². The molecule has 1 aliphatic rings. The number of benzene rings is 1. The van der Waals surface area contributed by atoms with Gasteiger partial charge >= 0.3 is 0 Å². The van der Waals surface area contributed by atoms with E-state index in [1.54, 1.807) is 12.1 Å². The number of sulfonamides is 1. The minimum absolute atomic E-state index is 0.0253. The molecule has 3 rings (SSSR count). The largest absolute Gasteiger partial charge is 0.494 e. The van der Waals surface area contributed by atoms with E-state index in [9.17, 15) is 13.2 Å². The average molecular weight is 457 g/mol. The molecule has 2 aromatic rings. The number of carbonyl (C=O) groups excluding carboxylic acids is 1. The molecule has 2 heterocycles. The summed E-state index contributed by atoms with van der Waals surface area (Å²) in [5, 5.41) is 2.95. The Hall–Kier alpha value is -1.61. The van der Waals surface area contributed by atoms with Crippen molar-refractivity contribution < 1.29 is 17.9 Å². The number of ether oxygens (including phenoxy) is 1. The van der Waals surface area contributed by atoms with Crippen molar-refractivity contribution in [3.8, 4) is 5.75 Å². The lowest BCUT2D eigenvalue weighted by atomic mass is 9.94. The number of carbonyl (C=O) groups is 1. The fraction of sp³-hybridized carbons (Fsp3) is 0.450. The maximum atomic E-state index is 12.7. The number of para-hydroxylation sites is 1. The lowest BCUT2D eigenvalue weighted by molar-refractivity contribution is -0.122. The number of piperidine rings is 1. The predicted molar refractivity (Wildman–Crippen MR) is 115 cm³/mol. The quantitative estimate of drug-likeness (QED) is 0.653. The number of nitrogens with one attached hydrogen (secondary N) is 1. The van der Waals surface area contributed by atoms with Gasteiger partial charge in [0.05, 0.1) is 10.9 Å². The van der Waals surface area contributed by atoms with Crippen molar-refractivity contribution in [3.05, 3.63) is 46.3 Å². The summed E-state index contributed by atoms with van der Waals surface area (Å²) >= 11 is 6.94. The van der Waals surface area contributed by atoms with Crippen molar-refractivity contribution in [1.82, 2.24) is 9.62 Å². The van der Waals surface area contributed by atoms with Gasteiger partial charge in [0.2, 0.25) is 5.91 Å². The number of amides is 1. The Morgan fingerprint density at radius 1 is 1.24 bits per heavy atom. The molecule has 1 amide bonds. The maximum Gasteiger partial charge on any atom is 0.252 e. The summed E-state index contributed by atoms with van der Waals surface area (Å²) in [4.78, 5) is 12.4. The van der Waals surface area contributed by atoms with Crippen molar-refractivity contribution in [1.29, 1.82) is 0 Å². The first-order valence-corrected chi connectivity index (χ1v) is 12.3. The molecule has 6 nitrogen and oxygen atoms in total. The van der Waals surface area contributed by atoms with Gasteiger partial charge in [0.25, 0.3) is 10.0 Å². The highest BCUT2D eigenvalue weighted by molar-refractivity contribution is 7.91. The van der Waals surface area contributed by atoms with Gasteiger partial charge in [0.1, 0.15) is 9.96 Å². The van der Waals surface area contributed by atoms with Gasteiger partial charge in [-0.15, -0.1) is 11.3 Å². The van der Waals surface area contributed by atoms with Crippen molar-refractivity contribution in [2.45, 2.75) is 36.9 Å². The molecule has 158 valence electrons. The van der Waals surface area contributed by atoms with Crippen LogP contribution in [-0.2, 0) is 21.4 Å². The van der Waals surface area contributed by atoms with E-state index in [1.165, 1.54) is 4.31 Å². The molecule has 1 aliphatic heterocycles. The van der Waals surface area contributed by atoms with Crippen LogP contribution >= 0.6 is 22.9 Å². The van der Waals surface area contributed by atoms with Gasteiger partial charge in [0.15, 0.2) is 0 Å². The van der Waals surface area contributed by atoms with E-state index in [2.05, 4.69) is 5.32 Å². The third-order valence-electron chi connectivity index (χ3n) is 4.94. The molecule has 1 N–H and O–H groups in total. The first-order valence-electron chi connectivity index (χ1n) is 9.63. The molecule has 1 aromatic carbocycles. The highest BCUT2D eigenvalue weighted by atomic mass is 35.5. The molecule has 0 bridgehead atoms. The van der Waals surface area contributed by atoms with Crippen molar-refractivity contribution in [3.63, 3.8) is 0 Å². The van der Waals surface area contributed by atoms with Gasteiger partial charge in [-0.3, -0.25) is 4.79 Å². The molecule has 1 fully saturated rings. The number of hydrogen-bond donors (Lipinski definition) is 1. The van der Waals surface area contributed by atoms with Gasteiger partial charge in [-0.2, -0.15) is 4.31 Å². The Morgan fingerprint density at radius 2 is 1.97 bits per heavy atom. The summed E-state index contributed by atoms with van der Waals surface area (Å²) in [6.07, 6.45) is 1.73. The van der Waals surface area contributed by atoms with E-state index >= 15 is 0 Å². The van der Waals surface area contributed by atoms with Crippen LogP contribution in [0.5, 0.6) is 5.75 Å². The Bertz CT molecular complexity index is 937. The molecule has 1 saturated heterocycles. The molecule has 0 saturated carbocycles. The predicted octanol–water partition coefficient (Wildman–Crippen LogP) is 3.91. The zero-order valence-corrected chi connectivity index (χ0v) is 18.7. The lowest BCUT2D eigenvalue weighted by Crippen LogP contribution is -2.39. The second kappa shape index (κ2) is 9.93. The lowest BCUT2D eigenvalue weighted by Gasteiger charge is -2.30. The first-order chi connectivity index (χ1) is 13.9. The fourth-order valence-corrected chi connectivity index (χ4v) is 6.50. The second-order valence-corrected chi connectivity index (χ2v) is 10.8. The normalized spacial score (nSPS) is 15.9. The minimum atomic E-state index is -3.50. The Kier molecular flexibility index (Phi) is 7.56. The third-order valence-corrected chi connectivity index (χ3v) is 8.54. The molecule has 9 heteroatoms. The summed E-state index contributed by atoms with van der Waals surface area (Å²) in [6, 6.07) is 10.8. The van der Waals surface area contributed by atoms with Crippen molar-refractivity contribution >= 4 is 38.9 Å². The maximum absolute atomic E-state index is 12.7. The number of hydrogen-bond acceptors (Lipinski definition) is 5. The zero-order chi connectivity index (χ0) is 20.9. The molecule has 0 unspecified atom stereocenters. The van der Waals surface area contributed by atoms with E-state index in [1.807, 2.05) is 31.2 Å². The molecular weight excluding hydrogens is 432 g/mol. The van der Waals surface area contributed by atoms with Crippen LogP contribution in [0, 0.1) is 5.92 Å². The topological polar surface area (TPSA) is 75.7 Å². The average Bonchev–Trinajstić information content (AvgIpc) is 3.15. The second-order valence-electron chi connectivity index (χ2n) is 6.93. The highest BCUT2D eigenvalue weighted by Crippen LogP contribution is 2.31. The van der Waals surface area contributed by atoms with Crippen LogP contribution in [-0.4, -0.2) is 38.3 Å². The van der Waals surface area contributed by atoms with Crippen molar-refractivity contribution in [2.75, 3.05) is 19.7 Å². The van der Waals surface area contributed by atoms with E-state index in [0.29, 0.717) is 49.8 Å². The Balaban J connectivity index is 1.48. The van der Waals surface area contributed by atoms with Crippen LogP contribution in [0.4, 0.5) is 0 Å². The number of rotatable bonds is 8. The third kappa shape index (κ3) is 5.72. The minimum Gasteiger partial charge on any atom is -0.494 e. The Labute approximate surface area is 180 Å². The first kappa shape index (κ1) is 22.1. The molecule has 0 atom stereocenters. The molecule has 0 spiro atoms. The van der Waals surface area contributed by atoms with Crippen LogP contribution in [0.25, 0.3) is 0 Å². The van der Waals surface area contributed by atoms with E-state index in [-0.39, 0.29) is 16.0 Å². The number of thiophene rings is 1. The van der Waals surface area contributed by atoms with Crippen LogP contribution in [0.3, 0.4) is 0 Å². The van der Waals surface area contributed by atoms with Gasteiger partial charge in [-0.05, 0) is 43.9 Å². The van der Waals surface area contributed by atoms with Gasteiger partial charge in [-0.1, -0.05) is 29.8 Å². The number of nitrogens with zero attached hydrogens (tertiary/aromatic N) is 1. The van der Waals surface area contributed by atoms with Gasteiger partial charge < -0.3 is 10.1 Å². The molecule has 1 aromatic heterocycles. The van der Waals surface area contributed by atoms with E-state index in [0.717, 1.165) is 22.6 Å². The van der Waals surface area contributed by atoms with Gasteiger partial charge in [0, 0.05) is 31.6 Å².